The lowest BCUT2D eigenvalue weighted by Crippen LogP contribution is -2.48. The van der Waals surface area contributed by atoms with Gasteiger partial charge in [-0.3, -0.25) is 19.0 Å². The molecule has 2 unspecified atom stereocenters. The number of aromatic nitrogens is 2. The van der Waals surface area contributed by atoms with Gasteiger partial charge in [0.1, 0.15) is 0 Å². The number of carbonyl (C=O) groups is 2. The van der Waals surface area contributed by atoms with E-state index in [0.717, 1.165) is 5.56 Å². The van der Waals surface area contributed by atoms with Crippen LogP contribution in [0.5, 0.6) is 0 Å². The Morgan fingerprint density at radius 3 is 2.48 bits per heavy atom. The molecule has 33 heavy (non-hydrogen) atoms. The molecule has 2 amide bonds. The van der Waals surface area contributed by atoms with E-state index in [1.165, 1.54) is 10.9 Å². The summed E-state index contributed by atoms with van der Waals surface area (Å²) >= 11 is 0. The van der Waals surface area contributed by atoms with Gasteiger partial charge in [-0.1, -0.05) is 24.3 Å². The van der Waals surface area contributed by atoms with Crippen LogP contribution in [0.2, 0.25) is 0 Å². The van der Waals surface area contributed by atoms with E-state index in [-0.39, 0.29) is 42.5 Å². The maximum absolute atomic E-state index is 12.8. The van der Waals surface area contributed by atoms with Gasteiger partial charge < -0.3 is 15.0 Å². The number of ether oxygens (including phenoxy) is 1. The molecule has 0 bridgehead atoms. The number of para-hydroxylation sites is 1. The fraction of sp³-hybridized carbons (Fsp3) is 0.360. The molecule has 0 radical (unpaired) electrons. The van der Waals surface area contributed by atoms with Gasteiger partial charge in [0.15, 0.2) is 0 Å². The van der Waals surface area contributed by atoms with E-state index in [1.807, 2.05) is 36.9 Å². The normalized spacial score (nSPS) is 18.3. The lowest BCUT2D eigenvalue weighted by atomic mass is 10.1. The smallest absolute Gasteiger partial charge is 0.261 e. The second-order valence-corrected chi connectivity index (χ2v) is 8.45. The number of fused-ring (bicyclic) bond motifs is 1. The molecule has 8 nitrogen and oxygen atoms in total. The molecule has 0 saturated carbocycles. The van der Waals surface area contributed by atoms with Crippen molar-refractivity contribution in [3.05, 3.63) is 76.3 Å². The SMILES string of the molecule is CC1CN(C(=O)c2ccc(CNC(=O)CCn3cnc4ccccc4c3=O)cc2)CC(C)O1. The summed E-state index contributed by atoms with van der Waals surface area (Å²) in [5.41, 5.74) is 2.00. The second kappa shape index (κ2) is 9.95. The molecule has 1 N–H and O–H groups in total. The lowest BCUT2D eigenvalue weighted by Gasteiger charge is -2.35. The van der Waals surface area contributed by atoms with Crippen LogP contribution in [0.1, 0.15) is 36.2 Å². The number of morpholine rings is 1. The molecule has 0 spiro atoms. The largest absolute Gasteiger partial charge is 0.372 e. The summed E-state index contributed by atoms with van der Waals surface area (Å²) in [5, 5.41) is 3.40. The monoisotopic (exact) mass is 448 g/mol. The van der Waals surface area contributed by atoms with E-state index in [9.17, 15) is 14.4 Å². The molecular formula is C25H28N4O4. The first-order chi connectivity index (χ1) is 15.9. The topological polar surface area (TPSA) is 93.5 Å². The van der Waals surface area contributed by atoms with Crippen LogP contribution in [-0.4, -0.2) is 51.6 Å². The van der Waals surface area contributed by atoms with Gasteiger partial charge in [0.25, 0.3) is 11.5 Å². The minimum absolute atomic E-state index is 0.0120. The fourth-order valence-electron chi connectivity index (χ4n) is 4.07. The minimum atomic E-state index is -0.161. The number of hydrogen-bond acceptors (Lipinski definition) is 5. The Bertz CT molecular complexity index is 1200. The number of rotatable bonds is 6. The summed E-state index contributed by atoms with van der Waals surface area (Å²) in [6.45, 7) is 5.70. The van der Waals surface area contributed by atoms with Crippen molar-refractivity contribution in [2.75, 3.05) is 13.1 Å². The van der Waals surface area contributed by atoms with Crippen molar-refractivity contribution in [1.29, 1.82) is 0 Å². The summed E-state index contributed by atoms with van der Waals surface area (Å²) in [6, 6.07) is 14.4. The fourth-order valence-corrected chi connectivity index (χ4v) is 4.07. The van der Waals surface area contributed by atoms with Gasteiger partial charge in [-0.05, 0) is 43.7 Å². The number of aryl methyl sites for hydroxylation is 1. The molecule has 0 aliphatic carbocycles. The van der Waals surface area contributed by atoms with Gasteiger partial charge in [0.2, 0.25) is 5.91 Å². The third-order valence-electron chi connectivity index (χ3n) is 5.71. The van der Waals surface area contributed by atoms with Crippen LogP contribution in [0.15, 0.2) is 59.7 Å². The van der Waals surface area contributed by atoms with Crippen LogP contribution in [0.25, 0.3) is 10.9 Å². The predicted octanol–water partition coefficient (Wildman–Crippen LogP) is 2.35. The van der Waals surface area contributed by atoms with Crippen LogP contribution >= 0.6 is 0 Å². The predicted molar refractivity (Wildman–Crippen MR) is 125 cm³/mol. The van der Waals surface area contributed by atoms with Gasteiger partial charge in [-0.15, -0.1) is 0 Å². The zero-order chi connectivity index (χ0) is 23.4. The number of benzene rings is 2. The standard InChI is InChI=1S/C25H28N4O4/c1-17-14-29(15-18(2)33-17)24(31)20-9-7-19(8-10-20)13-26-23(30)11-12-28-16-27-22-6-4-3-5-21(22)25(28)32/h3-10,16-18H,11-15H2,1-2H3,(H,26,30). The molecule has 1 aliphatic heterocycles. The van der Waals surface area contributed by atoms with E-state index < -0.39 is 0 Å². The average molecular weight is 449 g/mol. The molecule has 2 aromatic carbocycles. The van der Waals surface area contributed by atoms with Crippen molar-refractivity contribution >= 4 is 22.7 Å². The Hall–Kier alpha value is -3.52. The van der Waals surface area contributed by atoms with Crippen LogP contribution < -0.4 is 10.9 Å². The Balaban J connectivity index is 1.29. The van der Waals surface area contributed by atoms with Gasteiger partial charge in [0.05, 0.1) is 29.4 Å². The van der Waals surface area contributed by atoms with Gasteiger partial charge >= 0.3 is 0 Å². The zero-order valence-corrected chi connectivity index (χ0v) is 18.9. The highest BCUT2D eigenvalue weighted by Gasteiger charge is 2.26. The van der Waals surface area contributed by atoms with Crippen molar-refractivity contribution in [3.8, 4) is 0 Å². The maximum atomic E-state index is 12.8. The summed E-state index contributed by atoms with van der Waals surface area (Å²) < 4.78 is 7.15. The molecular weight excluding hydrogens is 420 g/mol. The van der Waals surface area contributed by atoms with E-state index in [1.54, 1.807) is 30.3 Å². The third kappa shape index (κ3) is 5.46. The molecule has 2 heterocycles. The molecule has 172 valence electrons. The van der Waals surface area contributed by atoms with Crippen LogP contribution in [0.3, 0.4) is 0 Å². The zero-order valence-electron chi connectivity index (χ0n) is 18.9. The first kappa shape index (κ1) is 22.7. The first-order valence-electron chi connectivity index (χ1n) is 11.2. The molecule has 8 heteroatoms. The molecule has 1 fully saturated rings. The summed E-state index contributed by atoms with van der Waals surface area (Å²) in [6.07, 6.45) is 1.69. The van der Waals surface area contributed by atoms with Crippen molar-refractivity contribution < 1.29 is 14.3 Å². The third-order valence-corrected chi connectivity index (χ3v) is 5.71. The van der Waals surface area contributed by atoms with Crippen LogP contribution in [-0.2, 0) is 22.6 Å². The quantitative estimate of drug-likeness (QED) is 0.625. The number of nitrogens with one attached hydrogen (secondary N) is 1. The number of amides is 2. The Labute approximate surface area is 192 Å². The Morgan fingerprint density at radius 1 is 1.06 bits per heavy atom. The number of carbonyl (C=O) groups excluding carboxylic acids is 2. The van der Waals surface area contributed by atoms with Gasteiger partial charge in [0, 0.05) is 38.2 Å². The van der Waals surface area contributed by atoms with Crippen molar-refractivity contribution in [3.63, 3.8) is 0 Å². The van der Waals surface area contributed by atoms with Gasteiger partial charge in [-0.25, -0.2) is 4.98 Å². The molecule has 2 atom stereocenters. The van der Waals surface area contributed by atoms with E-state index in [2.05, 4.69) is 10.3 Å². The van der Waals surface area contributed by atoms with Crippen molar-refractivity contribution in [2.45, 2.75) is 45.6 Å². The lowest BCUT2D eigenvalue weighted by molar-refractivity contribution is -0.121. The Morgan fingerprint density at radius 2 is 1.76 bits per heavy atom. The first-order valence-corrected chi connectivity index (χ1v) is 11.2. The summed E-state index contributed by atoms with van der Waals surface area (Å²) in [5.74, 6) is -0.173. The highest BCUT2D eigenvalue weighted by atomic mass is 16.5. The number of hydrogen-bond donors (Lipinski definition) is 1. The minimum Gasteiger partial charge on any atom is -0.372 e. The molecule has 3 aromatic rings. The van der Waals surface area contributed by atoms with Crippen LogP contribution in [0.4, 0.5) is 0 Å². The summed E-state index contributed by atoms with van der Waals surface area (Å²) in [4.78, 5) is 43.7. The Kier molecular flexibility index (Phi) is 6.84. The second-order valence-electron chi connectivity index (χ2n) is 8.45. The van der Waals surface area contributed by atoms with E-state index in [0.29, 0.717) is 36.1 Å². The molecule has 1 aliphatic rings. The van der Waals surface area contributed by atoms with E-state index in [4.69, 9.17) is 4.74 Å². The van der Waals surface area contributed by atoms with Crippen LogP contribution in [0, 0.1) is 0 Å². The number of nitrogens with zero attached hydrogens (tertiary/aromatic N) is 3. The highest BCUT2D eigenvalue weighted by Crippen LogP contribution is 2.15. The average Bonchev–Trinajstić information content (AvgIpc) is 2.82. The molecule has 4 rings (SSSR count). The molecule has 1 saturated heterocycles. The highest BCUT2D eigenvalue weighted by molar-refractivity contribution is 5.94. The van der Waals surface area contributed by atoms with E-state index >= 15 is 0 Å². The van der Waals surface area contributed by atoms with Crippen molar-refractivity contribution in [1.82, 2.24) is 19.8 Å². The van der Waals surface area contributed by atoms with Gasteiger partial charge in [-0.2, -0.15) is 0 Å². The molecule has 1 aromatic heterocycles. The van der Waals surface area contributed by atoms with Crippen molar-refractivity contribution in [2.24, 2.45) is 0 Å². The summed E-state index contributed by atoms with van der Waals surface area (Å²) in [7, 11) is 0. The maximum Gasteiger partial charge on any atom is 0.261 e.